The lowest BCUT2D eigenvalue weighted by molar-refractivity contribution is -0.385. The summed E-state index contributed by atoms with van der Waals surface area (Å²) in [7, 11) is -4.80. The van der Waals surface area contributed by atoms with Gasteiger partial charge in [-0.2, -0.15) is 8.42 Å². The van der Waals surface area contributed by atoms with E-state index in [1.54, 1.807) is 6.92 Å². The van der Waals surface area contributed by atoms with E-state index in [0.717, 1.165) is 0 Å². The molecule has 3 aromatic rings. The first-order valence-corrected chi connectivity index (χ1v) is 9.32. The normalized spacial score (nSPS) is 11.4. The Kier molecular flexibility index (Phi) is 4.75. The molecule has 0 aliphatic heterocycles. The maximum Gasteiger partial charge on any atom is 0.297 e. The number of aromatic hydroxyl groups is 1. The highest BCUT2D eigenvalue weighted by atomic mass is 32.2. The predicted octanol–water partition coefficient (Wildman–Crippen LogP) is 3.26. The van der Waals surface area contributed by atoms with Crippen molar-refractivity contribution in [3.8, 4) is 5.75 Å². The fraction of sp³-hybridized carbons (Fsp3) is 0.0556. The minimum absolute atomic E-state index is 0.0148. The van der Waals surface area contributed by atoms with Crippen molar-refractivity contribution in [1.29, 1.82) is 0 Å². The first-order chi connectivity index (χ1) is 13.1. The number of aryl methyl sites for hydroxylation is 1. The molecule has 144 valence electrons. The van der Waals surface area contributed by atoms with Gasteiger partial charge >= 0.3 is 0 Å². The third-order valence-corrected chi connectivity index (χ3v) is 5.04. The predicted molar refractivity (Wildman–Crippen MR) is 101 cm³/mol. The van der Waals surface area contributed by atoms with Gasteiger partial charge in [0.2, 0.25) is 0 Å². The van der Waals surface area contributed by atoms with E-state index < -0.39 is 31.5 Å². The number of phenolic OH excluding ortho intramolecular Hbond substituents is 1. The molecule has 0 saturated carbocycles. The lowest BCUT2D eigenvalue weighted by atomic mass is 10.1. The number of hydrogen-bond acceptors (Lipinski definition) is 6. The van der Waals surface area contributed by atoms with Crippen molar-refractivity contribution < 1.29 is 27.8 Å². The van der Waals surface area contributed by atoms with Gasteiger partial charge < -0.3 is 10.4 Å². The smallest absolute Gasteiger partial charge is 0.297 e. The second kappa shape index (κ2) is 6.91. The first kappa shape index (κ1) is 19.3. The molecule has 0 bridgehead atoms. The van der Waals surface area contributed by atoms with Crippen LogP contribution in [0.15, 0.2) is 53.4 Å². The van der Waals surface area contributed by atoms with Crippen LogP contribution in [0.2, 0.25) is 0 Å². The lowest BCUT2D eigenvalue weighted by Crippen LogP contribution is -2.16. The molecule has 0 aliphatic rings. The summed E-state index contributed by atoms with van der Waals surface area (Å²) in [6, 6.07) is 10.6. The van der Waals surface area contributed by atoms with Gasteiger partial charge in [0.1, 0.15) is 16.2 Å². The van der Waals surface area contributed by atoms with Crippen LogP contribution in [0.4, 0.5) is 11.4 Å². The maximum atomic E-state index is 12.6. The molecule has 9 nitrogen and oxygen atoms in total. The van der Waals surface area contributed by atoms with Gasteiger partial charge in [-0.15, -0.1) is 0 Å². The Balaban J connectivity index is 2.17. The molecule has 3 N–H and O–H groups in total. The maximum absolute atomic E-state index is 12.6. The number of phenols is 1. The lowest BCUT2D eigenvalue weighted by Gasteiger charge is -2.13. The fourth-order valence-corrected chi connectivity index (χ4v) is 3.72. The van der Waals surface area contributed by atoms with Crippen LogP contribution in [-0.2, 0) is 10.1 Å². The number of nitro benzene ring substituents is 1. The molecule has 0 aromatic heterocycles. The van der Waals surface area contributed by atoms with Crippen LogP contribution >= 0.6 is 0 Å². The van der Waals surface area contributed by atoms with Crippen molar-refractivity contribution in [2.45, 2.75) is 11.8 Å². The number of carbonyl (C=O) groups is 1. The van der Waals surface area contributed by atoms with Crippen molar-refractivity contribution in [3.63, 3.8) is 0 Å². The number of amides is 1. The standard InChI is InChI=1S/C18H14N2O7S/c1-10-5-8-15(20(23)24)13(9-10)18(22)19-14-7-6-11-12(3-2-4-16(11)21)17(14)28(25,26)27/h2-9,21H,1H3,(H,19,22)(H,25,26,27). The van der Waals surface area contributed by atoms with Gasteiger partial charge in [-0.05, 0) is 36.8 Å². The molecule has 0 spiro atoms. The Morgan fingerprint density at radius 3 is 2.46 bits per heavy atom. The van der Waals surface area contributed by atoms with Crippen molar-refractivity contribution in [3.05, 3.63) is 69.8 Å². The second-order valence-corrected chi connectivity index (χ2v) is 7.38. The van der Waals surface area contributed by atoms with Gasteiger partial charge in [-0.3, -0.25) is 19.5 Å². The van der Waals surface area contributed by atoms with E-state index in [9.17, 15) is 33.0 Å². The average molecular weight is 402 g/mol. The zero-order chi connectivity index (χ0) is 20.6. The van der Waals surface area contributed by atoms with Gasteiger partial charge in [-0.1, -0.05) is 18.2 Å². The van der Waals surface area contributed by atoms with Crippen LogP contribution in [-0.4, -0.2) is 28.9 Å². The number of carbonyl (C=O) groups excluding carboxylic acids is 1. The molecule has 0 radical (unpaired) electrons. The zero-order valence-electron chi connectivity index (χ0n) is 14.4. The average Bonchev–Trinajstić information content (AvgIpc) is 2.60. The van der Waals surface area contributed by atoms with Gasteiger partial charge in [-0.25, -0.2) is 0 Å². The largest absolute Gasteiger partial charge is 0.507 e. The highest BCUT2D eigenvalue weighted by Crippen LogP contribution is 2.35. The van der Waals surface area contributed by atoms with Crippen molar-refractivity contribution in [2.75, 3.05) is 5.32 Å². The molecular weight excluding hydrogens is 388 g/mol. The number of nitrogens with one attached hydrogen (secondary N) is 1. The molecule has 3 aromatic carbocycles. The van der Waals surface area contributed by atoms with E-state index >= 15 is 0 Å². The number of rotatable bonds is 4. The monoisotopic (exact) mass is 402 g/mol. The molecular formula is C18H14N2O7S. The molecule has 3 rings (SSSR count). The number of hydrogen-bond donors (Lipinski definition) is 3. The second-order valence-electron chi connectivity index (χ2n) is 6.02. The quantitative estimate of drug-likeness (QED) is 0.345. The third kappa shape index (κ3) is 3.50. The summed E-state index contributed by atoms with van der Waals surface area (Å²) < 4.78 is 33.5. The molecule has 0 atom stereocenters. The van der Waals surface area contributed by atoms with Gasteiger partial charge in [0, 0.05) is 16.8 Å². The Hall–Kier alpha value is -3.50. The molecule has 0 aliphatic carbocycles. The number of benzene rings is 3. The highest BCUT2D eigenvalue weighted by molar-refractivity contribution is 7.86. The van der Waals surface area contributed by atoms with Crippen LogP contribution in [0.1, 0.15) is 15.9 Å². The topological polar surface area (TPSA) is 147 Å². The minimum Gasteiger partial charge on any atom is -0.507 e. The number of nitro groups is 1. The molecule has 0 saturated heterocycles. The minimum atomic E-state index is -4.80. The van der Waals surface area contributed by atoms with Crippen LogP contribution in [0, 0.1) is 17.0 Å². The van der Waals surface area contributed by atoms with Crippen LogP contribution in [0.5, 0.6) is 5.75 Å². The summed E-state index contributed by atoms with van der Waals surface area (Å²) in [5.41, 5.74) is -0.396. The van der Waals surface area contributed by atoms with Crippen LogP contribution in [0.3, 0.4) is 0 Å². The number of anilines is 1. The SMILES string of the molecule is Cc1ccc([N+](=O)[O-])c(C(=O)Nc2ccc3c(O)cccc3c2S(=O)(=O)O)c1. The van der Waals surface area contributed by atoms with Crippen LogP contribution in [0.25, 0.3) is 10.8 Å². The Morgan fingerprint density at radius 2 is 1.82 bits per heavy atom. The molecule has 10 heteroatoms. The summed E-state index contributed by atoms with van der Waals surface area (Å²) in [6.45, 7) is 1.64. The number of fused-ring (bicyclic) bond motifs is 1. The van der Waals surface area contributed by atoms with Gasteiger partial charge in [0.25, 0.3) is 21.7 Å². The van der Waals surface area contributed by atoms with E-state index in [4.69, 9.17) is 0 Å². The molecule has 0 unspecified atom stereocenters. The van der Waals surface area contributed by atoms with E-state index in [1.165, 1.54) is 48.5 Å². The Morgan fingerprint density at radius 1 is 1.11 bits per heavy atom. The first-order valence-electron chi connectivity index (χ1n) is 7.88. The van der Waals surface area contributed by atoms with Crippen molar-refractivity contribution in [2.24, 2.45) is 0 Å². The highest BCUT2D eigenvalue weighted by Gasteiger charge is 2.25. The summed E-state index contributed by atoms with van der Waals surface area (Å²) in [5.74, 6) is -1.13. The zero-order valence-corrected chi connectivity index (χ0v) is 15.2. The molecule has 1 amide bonds. The number of nitrogens with zero attached hydrogens (tertiary/aromatic N) is 1. The van der Waals surface area contributed by atoms with E-state index in [-0.39, 0.29) is 27.8 Å². The summed E-state index contributed by atoms with van der Waals surface area (Å²) in [5, 5.41) is 23.5. The summed E-state index contributed by atoms with van der Waals surface area (Å²) in [4.78, 5) is 22.5. The Labute approximate surface area is 159 Å². The van der Waals surface area contributed by atoms with E-state index in [0.29, 0.717) is 5.56 Å². The Bertz CT molecular complexity index is 1240. The van der Waals surface area contributed by atoms with Gasteiger partial charge in [0.15, 0.2) is 0 Å². The van der Waals surface area contributed by atoms with Gasteiger partial charge in [0.05, 0.1) is 10.6 Å². The van der Waals surface area contributed by atoms with Crippen molar-refractivity contribution in [1.82, 2.24) is 0 Å². The van der Waals surface area contributed by atoms with E-state index in [1.807, 2.05) is 0 Å². The van der Waals surface area contributed by atoms with E-state index in [2.05, 4.69) is 5.32 Å². The summed E-state index contributed by atoms with van der Waals surface area (Å²) in [6.07, 6.45) is 0. The molecule has 0 heterocycles. The van der Waals surface area contributed by atoms with Crippen LogP contribution < -0.4 is 5.32 Å². The summed E-state index contributed by atoms with van der Waals surface area (Å²) >= 11 is 0. The molecule has 28 heavy (non-hydrogen) atoms. The fourth-order valence-electron chi connectivity index (χ4n) is 2.87. The molecule has 0 fully saturated rings. The van der Waals surface area contributed by atoms with Crippen molar-refractivity contribution >= 4 is 38.2 Å². The third-order valence-electron chi connectivity index (χ3n) is 4.09.